The Kier molecular flexibility index (Phi) is 6.15. The lowest BCUT2D eigenvalue weighted by molar-refractivity contribution is 0.0336. The quantitative estimate of drug-likeness (QED) is 0.699. The van der Waals surface area contributed by atoms with Gasteiger partial charge in [0, 0.05) is 19.7 Å². The van der Waals surface area contributed by atoms with E-state index in [4.69, 9.17) is 9.84 Å². The second-order valence-corrected chi connectivity index (χ2v) is 4.08. The predicted molar refractivity (Wildman–Crippen MR) is 57.4 cm³/mol. The van der Waals surface area contributed by atoms with Crippen LogP contribution in [0.15, 0.2) is 0 Å². The zero-order valence-electron chi connectivity index (χ0n) is 9.24. The first-order valence-corrected chi connectivity index (χ1v) is 5.77. The highest BCUT2D eigenvalue weighted by Crippen LogP contribution is 2.11. The maximum absolute atomic E-state index is 9.14. The largest absolute Gasteiger partial charge is 0.396 e. The average Bonchev–Trinajstić information content (AvgIpc) is 2.25. The smallest absolute Gasteiger partial charge is 0.0594 e. The molecule has 1 N–H and O–H groups in total. The second kappa shape index (κ2) is 7.21. The molecule has 0 radical (unpaired) electrons. The highest BCUT2D eigenvalue weighted by Gasteiger charge is 2.12. The average molecular weight is 201 g/mol. The van der Waals surface area contributed by atoms with Gasteiger partial charge >= 0.3 is 0 Å². The van der Waals surface area contributed by atoms with Crippen molar-refractivity contribution in [2.24, 2.45) is 5.92 Å². The van der Waals surface area contributed by atoms with Crippen LogP contribution < -0.4 is 0 Å². The van der Waals surface area contributed by atoms with Gasteiger partial charge in [0.2, 0.25) is 0 Å². The fraction of sp³-hybridized carbons (Fsp3) is 1.00. The van der Waals surface area contributed by atoms with Gasteiger partial charge in [0.1, 0.15) is 0 Å². The molecule has 1 atom stereocenters. The molecule has 0 aromatic heterocycles. The fourth-order valence-electron chi connectivity index (χ4n) is 1.93. The van der Waals surface area contributed by atoms with Crippen LogP contribution in [0.2, 0.25) is 0 Å². The maximum atomic E-state index is 9.14. The SMILES string of the molecule is CCC[C@H](CO)CCN1CCOCC1. The molecule has 1 heterocycles. The molecule has 0 aliphatic carbocycles. The van der Waals surface area contributed by atoms with Gasteiger partial charge in [0.15, 0.2) is 0 Å². The molecule has 1 aliphatic rings. The molecule has 1 aliphatic heterocycles. The first kappa shape index (κ1) is 12.0. The minimum Gasteiger partial charge on any atom is -0.396 e. The summed E-state index contributed by atoms with van der Waals surface area (Å²) in [7, 11) is 0. The molecule has 0 aromatic carbocycles. The second-order valence-electron chi connectivity index (χ2n) is 4.08. The summed E-state index contributed by atoms with van der Waals surface area (Å²) >= 11 is 0. The zero-order valence-corrected chi connectivity index (χ0v) is 9.24. The summed E-state index contributed by atoms with van der Waals surface area (Å²) in [6.07, 6.45) is 3.46. The van der Waals surface area contributed by atoms with E-state index < -0.39 is 0 Å². The van der Waals surface area contributed by atoms with Crippen LogP contribution >= 0.6 is 0 Å². The van der Waals surface area contributed by atoms with Crippen molar-refractivity contribution in [3.05, 3.63) is 0 Å². The lowest BCUT2D eigenvalue weighted by Gasteiger charge is -2.27. The first-order chi connectivity index (χ1) is 6.86. The number of hydrogen-bond donors (Lipinski definition) is 1. The summed E-state index contributed by atoms with van der Waals surface area (Å²) < 4.78 is 5.29. The molecule has 0 saturated carbocycles. The zero-order chi connectivity index (χ0) is 10.2. The third-order valence-electron chi connectivity index (χ3n) is 2.91. The van der Waals surface area contributed by atoms with E-state index in [1.165, 1.54) is 6.42 Å². The molecule has 0 spiro atoms. The van der Waals surface area contributed by atoms with Gasteiger partial charge in [-0.1, -0.05) is 13.3 Å². The lowest BCUT2D eigenvalue weighted by atomic mass is 10.0. The number of rotatable bonds is 6. The number of nitrogens with zero attached hydrogens (tertiary/aromatic N) is 1. The molecule has 1 rings (SSSR count). The van der Waals surface area contributed by atoms with Gasteiger partial charge in [0.25, 0.3) is 0 Å². The van der Waals surface area contributed by atoms with Crippen LogP contribution in [0.5, 0.6) is 0 Å². The predicted octanol–water partition coefficient (Wildman–Crippen LogP) is 1.12. The van der Waals surface area contributed by atoms with Crippen molar-refractivity contribution in [3.63, 3.8) is 0 Å². The summed E-state index contributed by atoms with van der Waals surface area (Å²) in [4.78, 5) is 2.43. The van der Waals surface area contributed by atoms with E-state index in [1.807, 2.05) is 0 Å². The van der Waals surface area contributed by atoms with Crippen molar-refractivity contribution in [2.45, 2.75) is 26.2 Å². The van der Waals surface area contributed by atoms with E-state index in [1.54, 1.807) is 0 Å². The fourth-order valence-corrected chi connectivity index (χ4v) is 1.93. The van der Waals surface area contributed by atoms with Gasteiger partial charge in [-0.15, -0.1) is 0 Å². The Balaban J connectivity index is 2.10. The normalized spacial score (nSPS) is 21.0. The van der Waals surface area contributed by atoms with E-state index in [0.29, 0.717) is 12.5 Å². The van der Waals surface area contributed by atoms with Gasteiger partial charge in [-0.3, -0.25) is 4.90 Å². The van der Waals surface area contributed by atoms with Crippen LogP contribution in [-0.2, 0) is 4.74 Å². The Hall–Kier alpha value is -0.120. The van der Waals surface area contributed by atoms with Crippen LogP contribution in [0.3, 0.4) is 0 Å². The van der Waals surface area contributed by atoms with E-state index in [0.717, 1.165) is 45.7 Å². The summed E-state index contributed by atoms with van der Waals surface area (Å²) in [5, 5.41) is 9.14. The van der Waals surface area contributed by atoms with Gasteiger partial charge in [-0.25, -0.2) is 0 Å². The van der Waals surface area contributed by atoms with Crippen molar-refractivity contribution >= 4 is 0 Å². The van der Waals surface area contributed by atoms with Crippen molar-refractivity contribution in [3.8, 4) is 0 Å². The molecule has 0 aromatic rings. The molecular formula is C11H23NO2. The molecule has 84 valence electrons. The maximum Gasteiger partial charge on any atom is 0.0594 e. The topological polar surface area (TPSA) is 32.7 Å². The minimum atomic E-state index is 0.345. The molecular weight excluding hydrogens is 178 g/mol. The Bertz CT molecular complexity index is 130. The van der Waals surface area contributed by atoms with Gasteiger partial charge < -0.3 is 9.84 Å². The summed E-state index contributed by atoms with van der Waals surface area (Å²) in [6.45, 7) is 7.51. The summed E-state index contributed by atoms with van der Waals surface area (Å²) in [5.74, 6) is 0.503. The third-order valence-corrected chi connectivity index (χ3v) is 2.91. The molecule has 0 bridgehead atoms. The van der Waals surface area contributed by atoms with Crippen molar-refractivity contribution in [2.75, 3.05) is 39.5 Å². The Morgan fingerprint density at radius 3 is 2.57 bits per heavy atom. The van der Waals surface area contributed by atoms with Crippen LogP contribution in [0, 0.1) is 5.92 Å². The van der Waals surface area contributed by atoms with Gasteiger partial charge in [-0.2, -0.15) is 0 Å². The number of hydrogen-bond acceptors (Lipinski definition) is 3. The molecule has 0 unspecified atom stereocenters. The van der Waals surface area contributed by atoms with E-state index in [2.05, 4.69) is 11.8 Å². The Morgan fingerprint density at radius 2 is 2.00 bits per heavy atom. The monoisotopic (exact) mass is 201 g/mol. The molecule has 3 nitrogen and oxygen atoms in total. The molecule has 1 fully saturated rings. The van der Waals surface area contributed by atoms with Gasteiger partial charge in [-0.05, 0) is 25.3 Å². The Morgan fingerprint density at radius 1 is 1.29 bits per heavy atom. The molecule has 3 heteroatoms. The van der Waals surface area contributed by atoms with Crippen LogP contribution in [0.1, 0.15) is 26.2 Å². The van der Waals surface area contributed by atoms with E-state index in [-0.39, 0.29) is 0 Å². The van der Waals surface area contributed by atoms with Crippen LogP contribution in [0.4, 0.5) is 0 Å². The highest BCUT2D eigenvalue weighted by atomic mass is 16.5. The van der Waals surface area contributed by atoms with Gasteiger partial charge in [0.05, 0.1) is 13.2 Å². The highest BCUT2D eigenvalue weighted by molar-refractivity contribution is 4.65. The molecule has 14 heavy (non-hydrogen) atoms. The number of aliphatic hydroxyl groups is 1. The first-order valence-electron chi connectivity index (χ1n) is 5.77. The summed E-state index contributed by atoms with van der Waals surface area (Å²) in [5.41, 5.74) is 0. The van der Waals surface area contributed by atoms with E-state index in [9.17, 15) is 0 Å². The Labute approximate surface area is 87.1 Å². The number of morpholine rings is 1. The molecule has 1 saturated heterocycles. The van der Waals surface area contributed by atoms with Crippen LogP contribution in [-0.4, -0.2) is 49.5 Å². The lowest BCUT2D eigenvalue weighted by Crippen LogP contribution is -2.37. The summed E-state index contributed by atoms with van der Waals surface area (Å²) in [6, 6.07) is 0. The minimum absolute atomic E-state index is 0.345. The van der Waals surface area contributed by atoms with Crippen molar-refractivity contribution in [1.82, 2.24) is 4.90 Å². The van der Waals surface area contributed by atoms with Crippen molar-refractivity contribution in [1.29, 1.82) is 0 Å². The standard InChI is InChI=1S/C11H23NO2/c1-2-3-11(10-13)4-5-12-6-8-14-9-7-12/h11,13H,2-10H2,1H3/t11-/m0/s1. The number of aliphatic hydroxyl groups excluding tert-OH is 1. The molecule has 0 amide bonds. The van der Waals surface area contributed by atoms with Crippen LogP contribution in [0.25, 0.3) is 0 Å². The van der Waals surface area contributed by atoms with Crippen molar-refractivity contribution < 1.29 is 9.84 Å². The number of ether oxygens (including phenoxy) is 1. The third kappa shape index (κ3) is 4.40. The van der Waals surface area contributed by atoms with E-state index >= 15 is 0 Å².